The van der Waals surface area contributed by atoms with Crippen LogP contribution in [-0.4, -0.2) is 40.6 Å². The van der Waals surface area contributed by atoms with Crippen LogP contribution >= 0.6 is 11.3 Å². The predicted molar refractivity (Wildman–Crippen MR) is 80.4 cm³/mol. The lowest BCUT2D eigenvalue weighted by Crippen LogP contribution is -2.41. The van der Waals surface area contributed by atoms with E-state index in [2.05, 4.69) is 4.98 Å². The van der Waals surface area contributed by atoms with E-state index < -0.39 is 11.5 Å². The van der Waals surface area contributed by atoms with Gasteiger partial charge in [0.1, 0.15) is 11.3 Å². The monoisotopic (exact) mass is 311 g/mol. The third kappa shape index (κ3) is 4.17. The number of nitrogens with two attached hydrogens (primary N) is 1. The second kappa shape index (κ2) is 6.01. The minimum absolute atomic E-state index is 0.266. The highest BCUT2D eigenvalue weighted by Crippen LogP contribution is 2.30. The molecule has 1 aromatic rings. The van der Waals surface area contributed by atoms with Crippen LogP contribution in [0.4, 0.5) is 4.79 Å². The smallest absolute Gasteiger partial charge is 0.410 e. The molecule has 2 heterocycles. The van der Waals surface area contributed by atoms with Crippen LogP contribution < -0.4 is 5.73 Å². The number of hydrogen-bond acceptors (Lipinski definition) is 5. The maximum Gasteiger partial charge on any atom is 0.410 e. The highest BCUT2D eigenvalue weighted by Gasteiger charge is 2.28. The third-order valence-corrected chi connectivity index (χ3v) is 4.28. The second-order valence-electron chi connectivity index (χ2n) is 6.18. The first-order chi connectivity index (χ1) is 9.76. The van der Waals surface area contributed by atoms with Crippen molar-refractivity contribution in [3.05, 3.63) is 16.1 Å². The van der Waals surface area contributed by atoms with Gasteiger partial charge in [0.15, 0.2) is 0 Å². The molecule has 0 atom stereocenters. The maximum absolute atomic E-state index is 12.0. The van der Waals surface area contributed by atoms with E-state index in [1.807, 2.05) is 20.8 Å². The molecule has 7 heteroatoms. The summed E-state index contributed by atoms with van der Waals surface area (Å²) in [6.45, 7) is 6.87. The Bertz CT molecular complexity index is 528. The molecule has 2 N–H and O–H groups in total. The molecule has 1 aliphatic rings. The first-order valence-electron chi connectivity index (χ1n) is 6.99. The van der Waals surface area contributed by atoms with Gasteiger partial charge in [-0.05, 0) is 33.6 Å². The molecule has 6 nitrogen and oxygen atoms in total. The van der Waals surface area contributed by atoms with Crippen LogP contribution in [0.2, 0.25) is 0 Å². The van der Waals surface area contributed by atoms with E-state index in [-0.39, 0.29) is 12.0 Å². The van der Waals surface area contributed by atoms with Gasteiger partial charge < -0.3 is 15.4 Å². The Kier molecular flexibility index (Phi) is 4.51. The molecule has 0 aliphatic carbocycles. The molecule has 1 saturated heterocycles. The number of primary amides is 1. The first-order valence-corrected chi connectivity index (χ1v) is 7.87. The number of nitrogens with zero attached hydrogens (tertiary/aromatic N) is 2. The number of piperidine rings is 1. The number of likely N-dealkylation sites (tertiary alicyclic amines) is 1. The van der Waals surface area contributed by atoms with Crippen molar-refractivity contribution < 1.29 is 14.3 Å². The largest absolute Gasteiger partial charge is 0.444 e. The summed E-state index contributed by atoms with van der Waals surface area (Å²) in [6, 6.07) is 0. The zero-order chi connectivity index (χ0) is 15.6. The Morgan fingerprint density at radius 2 is 2.00 bits per heavy atom. The molecule has 1 aromatic heterocycles. The van der Waals surface area contributed by atoms with Gasteiger partial charge in [0.2, 0.25) is 0 Å². The lowest BCUT2D eigenvalue weighted by Gasteiger charge is -2.32. The number of amides is 2. The quantitative estimate of drug-likeness (QED) is 0.908. The first kappa shape index (κ1) is 15.8. The molecular formula is C14H21N3O3S. The fourth-order valence-electron chi connectivity index (χ4n) is 2.22. The van der Waals surface area contributed by atoms with Crippen LogP contribution in [0.1, 0.15) is 55.0 Å². The van der Waals surface area contributed by atoms with Crippen LogP contribution in [0.25, 0.3) is 0 Å². The highest BCUT2D eigenvalue weighted by molar-refractivity contribution is 7.09. The number of carbonyl (C=O) groups excluding carboxylic acids is 2. The van der Waals surface area contributed by atoms with E-state index in [0.717, 1.165) is 17.8 Å². The van der Waals surface area contributed by atoms with Gasteiger partial charge in [-0.25, -0.2) is 9.78 Å². The molecule has 0 unspecified atom stereocenters. The Morgan fingerprint density at radius 3 is 2.48 bits per heavy atom. The van der Waals surface area contributed by atoms with Gasteiger partial charge in [-0.1, -0.05) is 0 Å². The van der Waals surface area contributed by atoms with Crippen LogP contribution in [0.3, 0.4) is 0 Å². The van der Waals surface area contributed by atoms with Crippen LogP contribution in [0.5, 0.6) is 0 Å². The minimum atomic E-state index is -0.497. The van der Waals surface area contributed by atoms with Crippen molar-refractivity contribution >= 4 is 23.3 Å². The normalized spacial score (nSPS) is 16.8. The van der Waals surface area contributed by atoms with Crippen LogP contribution in [0.15, 0.2) is 5.38 Å². The van der Waals surface area contributed by atoms with E-state index in [9.17, 15) is 9.59 Å². The van der Waals surface area contributed by atoms with Crippen molar-refractivity contribution in [2.24, 2.45) is 5.73 Å². The average molecular weight is 311 g/mol. The number of rotatable bonds is 2. The molecule has 0 bridgehead atoms. The molecule has 21 heavy (non-hydrogen) atoms. The lowest BCUT2D eigenvalue weighted by molar-refractivity contribution is 0.0205. The molecule has 0 saturated carbocycles. The summed E-state index contributed by atoms with van der Waals surface area (Å²) in [7, 11) is 0. The Balaban J connectivity index is 1.90. The Labute approximate surface area is 128 Å². The van der Waals surface area contributed by atoms with Crippen molar-refractivity contribution in [1.82, 2.24) is 9.88 Å². The van der Waals surface area contributed by atoms with Gasteiger partial charge in [0.25, 0.3) is 5.91 Å². The fourth-order valence-corrected chi connectivity index (χ4v) is 3.20. The summed E-state index contributed by atoms with van der Waals surface area (Å²) in [6.07, 6.45) is 1.38. The number of carbonyl (C=O) groups is 2. The maximum atomic E-state index is 12.0. The molecular weight excluding hydrogens is 290 g/mol. The Morgan fingerprint density at radius 1 is 1.38 bits per heavy atom. The van der Waals surface area contributed by atoms with E-state index in [1.54, 1.807) is 10.3 Å². The lowest BCUT2D eigenvalue weighted by atomic mass is 9.98. The van der Waals surface area contributed by atoms with Crippen molar-refractivity contribution in [2.75, 3.05) is 13.1 Å². The van der Waals surface area contributed by atoms with Crippen LogP contribution in [-0.2, 0) is 4.74 Å². The van der Waals surface area contributed by atoms with Gasteiger partial charge in [-0.3, -0.25) is 4.79 Å². The third-order valence-electron chi connectivity index (χ3n) is 3.27. The topological polar surface area (TPSA) is 85.5 Å². The van der Waals surface area contributed by atoms with Gasteiger partial charge in [-0.15, -0.1) is 11.3 Å². The molecule has 2 amide bonds. The highest BCUT2D eigenvalue weighted by atomic mass is 32.1. The van der Waals surface area contributed by atoms with Crippen molar-refractivity contribution in [2.45, 2.75) is 45.1 Å². The fraction of sp³-hybridized carbons (Fsp3) is 0.643. The molecule has 2 rings (SSSR count). The molecule has 116 valence electrons. The molecule has 0 radical (unpaired) electrons. The SMILES string of the molecule is CC(C)(C)OC(=O)N1CCC(c2nc(C(N)=O)cs2)CC1. The zero-order valence-corrected chi connectivity index (χ0v) is 13.4. The minimum Gasteiger partial charge on any atom is -0.444 e. The summed E-state index contributed by atoms with van der Waals surface area (Å²) in [5.74, 6) is -0.217. The number of ether oxygens (including phenoxy) is 1. The zero-order valence-electron chi connectivity index (χ0n) is 12.6. The predicted octanol–water partition coefficient (Wildman–Crippen LogP) is 2.36. The second-order valence-corrected chi connectivity index (χ2v) is 7.07. The summed E-state index contributed by atoms with van der Waals surface area (Å²) >= 11 is 1.46. The Hall–Kier alpha value is -1.63. The van der Waals surface area contributed by atoms with E-state index in [4.69, 9.17) is 10.5 Å². The summed E-state index contributed by atoms with van der Waals surface area (Å²) in [5, 5.41) is 2.62. The van der Waals surface area contributed by atoms with Gasteiger partial charge in [-0.2, -0.15) is 0 Å². The van der Waals surface area contributed by atoms with Crippen molar-refractivity contribution in [3.8, 4) is 0 Å². The summed E-state index contributed by atoms with van der Waals surface area (Å²) in [4.78, 5) is 29.0. The summed E-state index contributed by atoms with van der Waals surface area (Å²) in [5.41, 5.74) is 5.06. The standard InChI is InChI=1S/C14H21N3O3S/c1-14(2,3)20-13(19)17-6-4-9(5-7-17)12-16-10(8-21-12)11(15)18/h8-9H,4-7H2,1-3H3,(H2,15,18). The molecule has 1 fully saturated rings. The van der Waals surface area contributed by atoms with Crippen LogP contribution in [0, 0.1) is 0 Å². The van der Waals surface area contributed by atoms with E-state index in [1.165, 1.54) is 11.3 Å². The van der Waals surface area contributed by atoms with Crippen molar-refractivity contribution in [3.63, 3.8) is 0 Å². The average Bonchev–Trinajstić information content (AvgIpc) is 2.86. The van der Waals surface area contributed by atoms with Gasteiger partial charge in [0, 0.05) is 24.4 Å². The molecule has 0 aromatic carbocycles. The number of aromatic nitrogens is 1. The molecule has 1 aliphatic heterocycles. The van der Waals surface area contributed by atoms with E-state index in [0.29, 0.717) is 18.8 Å². The summed E-state index contributed by atoms with van der Waals surface area (Å²) < 4.78 is 5.37. The van der Waals surface area contributed by atoms with Gasteiger partial charge in [0.05, 0.1) is 5.01 Å². The number of thiazole rings is 1. The van der Waals surface area contributed by atoms with E-state index >= 15 is 0 Å². The number of hydrogen-bond donors (Lipinski definition) is 1. The van der Waals surface area contributed by atoms with Gasteiger partial charge >= 0.3 is 6.09 Å². The van der Waals surface area contributed by atoms with Crippen molar-refractivity contribution in [1.29, 1.82) is 0 Å². The molecule has 0 spiro atoms.